The van der Waals surface area contributed by atoms with Crippen molar-refractivity contribution >= 4 is 28.3 Å². The van der Waals surface area contributed by atoms with E-state index < -0.39 is 22.0 Å². The molecular weight excluding hydrogens is 548 g/mol. The zero-order valence-corrected chi connectivity index (χ0v) is 25.1. The number of aliphatic hydroxyl groups is 1. The second-order valence-electron chi connectivity index (χ2n) is 9.91. The second-order valence-corrected chi connectivity index (χ2v) is 11.8. The van der Waals surface area contributed by atoms with Gasteiger partial charge in [-0.1, -0.05) is 80.4 Å². The molecule has 9 heteroatoms. The van der Waals surface area contributed by atoms with Gasteiger partial charge in [-0.3, -0.25) is 4.79 Å². The number of hydrogen-bond donors (Lipinski definition) is 3. The fraction of sp³-hybridized carbons (Fsp3) is 0.387. The van der Waals surface area contributed by atoms with E-state index in [1.165, 1.54) is 0 Å². The average molecular weight is 589 g/mol. The smallest absolute Gasteiger partial charge is 0.268 e. The summed E-state index contributed by atoms with van der Waals surface area (Å²) in [7, 11) is -3.72. The maximum Gasteiger partial charge on any atom is 0.268 e. The maximum absolute atomic E-state index is 12.8. The maximum atomic E-state index is 12.8. The van der Waals surface area contributed by atoms with Gasteiger partial charge in [-0.05, 0) is 67.6 Å². The third-order valence-corrected chi connectivity index (χ3v) is 7.58. The molecule has 1 atom stereocenters. The highest BCUT2D eigenvalue weighted by Gasteiger charge is 2.20. The van der Waals surface area contributed by atoms with Crippen LogP contribution in [0.15, 0.2) is 72.8 Å². The molecule has 3 rings (SSSR count). The zero-order valence-electron chi connectivity index (χ0n) is 23.4. The molecule has 0 radical (unpaired) electrons. The number of unbranched alkanes of at least 4 members (excludes halogenated alkanes) is 2. The predicted octanol–water partition coefficient (Wildman–Crippen LogP) is 5.68. The molecule has 0 aliphatic heterocycles. The minimum Gasteiger partial charge on any atom is -0.490 e. The molecule has 0 bridgehead atoms. The minimum absolute atomic E-state index is 0. The van der Waals surface area contributed by atoms with Gasteiger partial charge in [0, 0.05) is 6.54 Å². The monoisotopic (exact) mass is 588 g/mol. The molecule has 3 aromatic carbocycles. The van der Waals surface area contributed by atoms with Gasteiger partial charge in [-0.25, -0.2) is 13.1 Å². The number of carbonyl (C=O) groups excluding carboxylic acids is 1. The van der Waals surface area contributed by atoms with Gasteiger partial charge in [0.1, 0.15) is 5.75 Å². The molecule has 40 heavy (non-hydrogen) atoms. The number of amides is 1. The van der Waals surface area contributed by atoms with Crippen LogP contribution in [0.5, 0.6) is 5.75 Å². The lowest BCUT2D eigenvalue weighted by atomic mass is 10.0. The second kappa shape index (κ2) is 16.4. The van der Waals surface area contributed by atoms with Crippen molar-refractivity contribution in [3.05, 3.63) is 89.5 Å². The van der Waals surface area contributed by atoms with Crippen molar-refractivity contribution < 1.29 is 23.1 Å². The van der Waals surface area contributed by atoms with Crippen molar-refractivity contribution in [3.63, 3.8) is 0 Å². The Balaban J connectivity index is 0.00000560. The minimum atomic E-state index is -3.72. The fourth-order valence-corrected chi connectivity index (χ4v) is 5.24. The van der Waals surface area contributed by atoms with E-state index in [1.807, 2.05) is 63.2 Å². The van der Waals surface area contributed by atoms with E-state index in [9.17, 15) is 18.3 Å². The molecule has 0 aliphatic rings. The first-order valence-electron chi connectivity index (χ1n) is 13.6. The number of benzene rings is 3. The Bertz CT molecular complexity index is 1300. The zero-order chi connectivity index (χ0) is 28.3. The number of halogens is 1. The van der Waals surface area contributed by atoms with Crippen molar-refractivity contribution in [2.45, 2.75) is 58.7 Å². The van der Waals surface area contributed by atoms with Crippen molar-refractivity contribution in [3.8, 4) is 16.9 Å². The SMILES string of the molecule is CCCCCS(=O)(=O)NC(=O)c1ccc(-c2ccc(CCNC[C@H](O)c3ccccc3)cc2)cc1OC(C)C.Cl. The molecular formula is C31H41ClN2O5S. The van der Waals surface area contributed by atoms with Gasteiger partial charge in [0.15, 0.2) is 0 Å². The summed E-state index contributed by atoms with van der Waals surface area (Å²) >= 11 is 0. The number of rotatable bonds is 15. The van der Waals surface area contributed by atoms with Gasteiger partial charge in [0.2, 0.25) is 10.0 Å². The summed E-state index contributed by atoms with van der Waals surface area (Å²) in [5, 5.41) is 13.6. The summed E-state index contributed by atoms with van der Waals surface area (Å²) in [5.74, 6) is -0.427. The largest absolute Gasteiger partial charge is 0.490 e. The molecule has 218 valence electrons. The molecule has 0 saturated carbocycles. The van der Waals surface area contributed by atoms with E-state index in [1.54, 1.807) is 18.2 Å². The third-order valence-electron chi connectivity index (χ3n) is 6.25. The summed E-state index contributed by atoms with van der Waals surface area (Å²) in [5.41, 5.74) is 4.06. The first kappa shape index (κ1) is 33.3. The lowest BCUT2D eigenvalue weighted by Gasteiger charge is -2.16. The Morgan fingerprint density at radius 2 is 1.62 bits per heavy atom. The van der Waals surface area contributed by atoms with Crippen LogP contribution in [0.2, 0.25) is 0 Å². The Morgan fingerprint density at radius 1 is 0.950 bits per heavy atom. The standard InChI is InChI=1S/C31H40N2O5S.ClH/c1-4-5-9-20-39(36,37)33-31(35)28-17-16-27(21-30(28)38-23(2)3)25-14-12-24(13-15-25)18-19-32-22-29(34)26-10-7-6-8-11-26;/h6-8,10-17,21,23,29,32,34H,4-5,9,18-20,22H2,1-3H3,(H,33,35);1H/t29-;/m0./s1. The number of hydrogen-bond acceptors (Lipinski definition) is 6. The first-order chi connectivity index (χ1) is 18.7. The van der Waals surface area contributed by atoms with E-state index in [4.69, 9.17) is 4.74 Å². The van der Waals surface area contributed by atoms with E-state index in [2.05, 4.69) is 22.2 Å². The third kappa shape index (κ3) is 10.6. The quantitative estimate of drug-likeness (QED) is 0.197. The van der Waals surface area contributed by atoms with E-state index in [0.717, 1.165) is 48.1 Å². The van der Waals surface area contributed by atoms with Crippen LogP contribution in [0.3, 0.4) is 0 Å². The van der Waals surface area contributed by atoms with Crippen LogP contribution >= 0.6 is 12.4 Å². The van der Waals surface area contributed by atoms with Crippen LogP contribution < -0.4 is 14.8 Å². The van der Waals surface area contributed by atoms with E-state index in [0.29, 0.717) is 18.7 Å². The van der Waals surface area contributed by atoms with Gasteiger partial charge in [-0.15, -0.1) is 12.4 Å². The Morgan fingerprint density at radius 3 is 2.27 bits per heavy atom. The van der Waals surface area contributed by atoms with Crippen molar-refractivity contribution in [2.24, 2.45) is 0 Å². The van der Waals surface area contributed by atoms with Crippen LogP contribution in [0.25, 0.3) is 11.1 Å². The fourth-order valence-electron chi connectivity index (χ4n) is 4.16. The molecule has 3 aromatic rings. The molecule has 3 N–H and O–H groups in total. The Hall–Kier alpha value is -2.91. The average Bonchev–Trinajstić information content (AvgIpc) is 2.91. The number of carbonyl (C=O) groups is 1. The summed E-state index contributed by atoms with van der Waals surface area (Å²) in [6.07, 6.45) is 2.28. The van der Waals surface area contributed by atoms with Crippen LogP contribution in [-0.2, 0) is 16.4 Å². The lowest BCUT2D eigenvalue weighted by molar-refractivity contribution is 0.0975. The first-order valence-corrected chi connectivity index (χ1v) is 15.2. The number of sulfonamides is 1. The van der Waals surface area contributed by atoms with Gasteiger partial charge in [0.05, 0.1) is 23.5 Å². The Kier molecular flexibility index (Phi) is 13.6. The molecule has 0 spiro atoms. The normalized spacial score (nSPS) is 12.0. The topological polar surface area (TPSA) is 105 Å². The molecule has 0 saturated heterocycles. The lowest BCUT2D eigenvalue weighted by Crippen LogP contribution is -2.33. The summed E-state index contributed by atoms with van der Waals surface area (Å²) < 4.78 is 32.8. The molecule has 0 unspecified atom stereocenters. The van der Waals surface area contributed by atoms with Crippen molar-refractivity contribution in [2.75, 3.05) is 18.8 Å². The van der Waals surface area contributed by atoms with E-state index >= 15 is 0 Å². The summed E-state index contributed by atoms with van der Waals surface area (Å²) in [4.78, 5) is 12.8. The van der Waals surface area contributed by atoms with Gasteiger partial charge in [0.25, 0.3) is 5.91 Å². The van der Waals surface area contributed by atoms with Crippen LogP contribution in [-0.4, -0.2) is 44.4 Å². The van der Waals surface area contributed by atoms with Crippen molar-refractivity contribution in [1.29, 1.82) is 0 Å². The molecule has 0 heterocycles. The summed E-state index contributed by atoms with van der Waals surface area (Å²) in [6.45, 7) is 6.93. The van der Waals surface area contributed by atoms with Gasteiger partial charge in [-0.2, -0.15) is 0 Å². The highest BCUT2D eigenvalue weighted by Crippen LogP contribution is 2.29. The molecule has 0 fully saturated rings. The van der Waals surface area contributed by atoms with Crippen LogP contribution in [0, 0.1) is 0 Å². The molecule has 0 aliphatic carbocycles. The van der Waals surface area contributed by atoms with Crippen LogP contribution in [0.1, 0.15) is 67.6 Å². The van der Waals surface area contributed by atoms with Gasteiger partial charge < -0.3 is 15.2 Å². The number of aliphatic hydroxyl groups excluding tert-OH is 1. The molecule has 7 nitrogen and oxygen atoms in total. The summed E-state index contributed by atoms with van der Waals surface area (Å²) in [6, 6.07) is 22.9. The highest BCUT2D eigenvalue weighted by atomic mass is 35.5. The number of nitrogens with one attached hydrogen (secondary N) is 2. The predicted molar refractivity (Wildman–Crippen MR) is 164 cm³/mol. The van der Waals surface area contributed by atoms with Crippen LogP contribution in [0.4, 0.5) is 0 Å². The molecule has 1 amide bonds. The Labute approximate surface area is 244 Å². The molecule has 0 aromatic heterocycles. The van der Waals surface area contributed by atoms with Crippen molar-refractivity contribution in [1.82, 2.24) is 10.0 Å². The van der Waals surface area contributed by atoms with Gasteiger partial charge >= 0.3 is 0 Å². The number of ether oxygens (including phenoxy) is 1. The van der Waals surface area contributed by atoms with E-state index in [-0.39, 0.29) is 29.8 Å². The highest BCUT2D eigenvalue weighted by molar-refractivity contribution is 7.90.